The summed E-state index contributed by atoms with van der Waals surface area (Å²) in [6.07, 6.45) is 1.28. The first-order chi connectivity index (χ1) is 9.95. The zero-order valence-electron chi connectivity index (χ0n) is 13.1. The van der Waals surface area contributed by atoms with Crippen LogP contribution in [-0.4, -0.2) is 25.9 Å². The van der Waals surface area contributed by atoms with Gasteiger partial charge in [-0.3, -0.25) is 9.11 Å². The third-order valence-corrected chi connectivity index (χ3v) is 5.96. The van der Waals surface area contributed by atoms with Gasteiger partial charge in [0.15, 0.2) is 0 Å². The summed E-state index contributed by atoms with van der Waals surface area (Å²) in [6.45, 7) is 7.40. The highest BCUT2D eigenvalue weighted by Crippen LogP contribution is 2.38. The second kappa shape index (κ2) is 6.66. The first-order valence-corrected chi connectivity index (χ1v) is 9.94. The molecule has 1 aromatic carbocycles. The minimum absolute atomic E-state index is 0.0139. The lowest BCUT2D eigenvalue weighted by atomic mass is 9.86. The van der Waals surface area contributed by atoms with Crippen LogP contribution in [0.1, 0.15) is 63.5 Å². The normalized spacial score (nSPS) is 15.5. The predicted octanol–water partition coefficient (Wildman–Crippen LogP) is 3.21. The highest BCUT2D eigenvalue weighted by Gasteiger charge is 2.31. The van der Waals surface area contributed by atoms with Crippen LogP contribution >= 0.6 is 0 Å². The molecule has 0 spiro atoms. The molecule has 0 aliphatic heterocycles. The predicted molar refractivity (Wildman–Crippen MR) is 83.5 cm³/mol. The van der Waals surface area contributed by atoms with Crippen molar-refractivity contribution < 1.29 is 25.9 Å². The molecule has 0 heterocycles. The zero-order chi connectivity index (χ0) is 17.3. The van der Waals surface area contributed by atoms with Crippen molar-refractivity contribution in [3.8, 4) is 0 Å². The highest BCUT2D eigenvalue weighted by molar-refractivity contribution is 7.89. The Morgan fingerprint density at radius 1 is 0.909 bits per heavy atom. The van der Waals surface area contributed by atoms with Gasteiger partial charge < -0.3 is 0 Å². The standard InChI is InChI=1S/C14H22O6S2/c1-5-9(3)11-7-8-12(21(15,16)17)14(22(18,19)20)13(11)10(4)6-2/h7-10H,5-6H2,1-4H3,(H,15,16,17)(H,18,19,20). The molecule has 2 atom stereocenters. The molecule has 0 aliphatic carbocycles. The minimum atomic E-state index is -4.81. The topological polar surface area (TPSA) is 109 Å². The average molecular weight is 350 g/mol. The number of hydrogen-bond acceptors (Lipinski definition) is 4. The van der Waals surface area contributed by atoms with E-state index < -0.39 is 30.0 Å². The van der Waals surface area contributed by atoms with E-state index in [1.165, 1.54) is 6.07 Å². The van der Waals surface area contributed by atoms with Crippen molar-refractivity contribution in [3.05, 3.63) is 23.3 Å². The molecule has 22 heavy (non-hydrogen) atoms. The summed E-state index contributed by atoms with van der Waals surface area (Å²) >= 11 is 0. The third kappa shape index (κ3) is 3.87. The Balaban J connectivity index is 4.00. The van der Waals surface area contributed by atoms with Crippen molar-refractivity contribution in [3.63, 3.8) is 0 Å². The number of hydrogen-bond donors (Lipinski definition) is 2. The van der Waals surface area contributed by atoms with Gasteiger partial charge in [0, 0.05) is 0 Å². The van der Waals surface area contributed by atoms with Crippen LogP contribution in [0.2, 0.25) is 0 Å². The lowest BCUT2D eigenvalue weighted by Crippen LogP contribution is -2.16. The Bertz CT molecular complexity index is 750. The van der Waals surface area contributed by atoms with Crippen molar-refractivity contribution >= 4 is 20.2 Å². The fourth-order valence-corrected chi connectivity index (χ4v) is 4.56. The first kappa shape index (κ1) is 19.1. The van der Waals surface area contributed by atoms with E-state index in [0.717, 1.165) is 12.5 Å². The van der Waals surface area contributed by atoms with Gasteiger partial charge in [0.2, 0.25) is 0 Å². The number of rotatable bonds is 6. The Hall–Kier alpha value is -0.960. The first-order valence-electron chi connectivity index (χ1n) is 7.06. The second-order valence-electron chi connectivity index (χ2n) is 5.46. The third-order valence-electron chi connectivity index (χ3n) is 3.98. The van der Waals surface area contributed by atoms with Crippen molar-refractivity contribution in [1.82, 2.24) is 0 Å². The lowest BCUT2D eigenvalue weighted by Gasteiger charge is -2.23. The van der Waals surface area contributed by atoms with Gasteiger partial charge in [-0.05, 0) is 41.9 Å². The summed E-state index contributed by atoms with van der Waals surface area (Å²) < 4.78 is 65.4. The lowest BCUT2D eigenvalue weighted by molar-refractivity contribution is 0.463. The van der Waals surface area contributed by atoms with Crippen LogP contribution in [0, 0.1) is 0 Å². The quantitative estimate of drug-likeness (QED) is 0.763. The molecule has 0 saturated carbocycles. The van der Waals surface area contributed by atoms with E-state index in [4.69, 9.17) is 0 Å². The van der Waals surface area contributed by atoms with Gasteiger partial charge in [-0.15, -0.1) is 0 Å². The van der Waals surface area contributed by atoms with E-state index in [1.54, 1.807) is 6.92 Å². The van der Waals surface area contributed by atoms with Gasteiger partial charge in [0.1, 0.15) is 9.79 Å². The molecular weight excluding hydrogens is 328 g/mol. The molecule has 0 fully saturated rings. The van der Waals surface area contributed by atoms with Crippen LogP contribution in [0.15, 0.2) is 21.9 Å². The van der Waals surface area contributed by atoms with Gasteiger partial charge in [0.05, 0.1) is 0 Å². The van der Waals surface area contributed by atoms with Crippen LogP contribution in [0.4, 0.5) is 0 Å². The Morgan fingerprint density at radius 2 is 1.41 bits per heavy atom. The molecule has 0 amide bonds. The molecule has 2 unspecified atom stereocenters. The minimum Gasteiger partial charge on any atom is -0.282 e. The maximum Gasteiger partial charge on any atom is 0.296 e. The Kier molecular flexibility index (Phi) is 5.77. The largest absolute Gasteiger partial charge is 0.296 e. The summed E-state index contributed by atoms with van der Waals surface area (Å²) in [7, 11) is -9.57. The average Bonchev–Trinajstić information content (AvgIpc) is 2.41. The SMILES string of the molecule is CCC(C)c1ccc(S(=O)(=O)O)c(S(=O)(=O)O)c1C(C)CC. The van der Waals surface area contributed by atoms with E-state index in [0.29, 0.717) is 12.0 Å². The Morgan fingerprint density at radius 3 is 1.77 bits per heavy atom. The van der Waals surface area contributed by atoms with Crippen LogP contribution in [0.25, 0.3) is 0 Å². The zero-order valence-corrected chi connectivity index (χ0v) is 14.7. The van der Waals surface area contributed by atoms with E-state index in [1.807, 2.05) is 20.8 Å². The van der Waals surface area contributed by atoms with Crippen molar-refractivity contribution in [2.45, 2.75) is 62.2 Å². The second-order valence-corrected chi connectivity index (χ2v) is 8.21. The smallest absolute Gasteiger partial charge is 0.282 e. The molecule has 126 valence electrons. The van der Waals surface area contributed by atoms with Gasteiger partial charge in [0.25, 0.3) is 20.2 Å². The Labute approximate surface area is 132 Å². The molecule has 0 aliphatic rings. The summed E-state index contributed by atoms with van der Waals surface area (Å²) in [5.74, 6) is -0.303. The molecule has 0 radical (unpaired) electrons. The molecule has 2 N–H and O–H groups in total. The monoisotopic (exact) mass is 350 g/mol. The molecule has 1 rings (SSSR count). The molecule has 8 heteroatoms. The molecular formula is C14H22O6S2. The fraction of sp³-hybridized carbons (Fsp3) is 0.571. The number of benzene rings is 1. The maximum absolute atomic E-state index is 11.8. The van der Waals surface area contributed by atoms with E-state index in [9.17, 15) is 25.9 Å². The van der Waals surface area contributed by atoms with Crippen molar-refractivity contribution in [2.24, 2.45) is 0 Å². The summed E-state index contributed by atoms with van der Waals surface area (Å²) in [5, 5.41) is 0. The fourth-order valence-electron chi connectivity index (χ4n) is 2.43. The summed E-state index contributed by atoms with van der Waals surface area (Å²) in [5.41, 5.74) is 0.923. The van der Waals surface area contributed by atoms with E-state index in [2.05, 4.69) is 0 Å². The molecule has 0 saturated heterocycles. The molecule has 1 aromatic rings. The van der Waals surface area contributed by atoms with Crippen LogP contribution in [0.3, 0.4) is 0 Å². The highest BCUT2D eigenvalue weighted by atomic mass is 32.2. The van der Waals surface area contributed by atoms with Crippen LogP contribution in [-0.2, 0) is 20.2 Å². The molecule has 0 aromatic heterocycles. The van der Waals surface area contributed by atoms with Gasteiger partial charge in [-0.1, -0.05) is 33.8 Å². The van der Waals surface area contributed by atoms with Gasteiger partial charge >= 0.3 is 0 Å². The van der Waals surface area contributed by atoms with Crippen molar-refractivity contribution in [1.29, 1.82) is 0 Å². The summed E-state index contributed by atoms with van der Waals surface area (Å²) in [4.78, 5) is -1.49. The molecule has 0 bridgehead atoms. The van der Waals surface area contributed by atoms with Gasteiger partial charge in [-0.25, -0.2) is 0 Å². The van der Waals surface area contributed by atoms with Crippen molar-refractivity contribution in [2.75, 3.05) is 0 Å². The van der Waals surface area contributed by atoms with Crippen LogP contribution < -0.4 is 0 Å². The van der Waals surface area contributed by atoms with Gasteiger partial charge in [-0.2, -0.15) is 16.8 Å². The van der Waals surface area contributed by atoms with E-state index >= 15 is 0 Å². The van der Waals surface area contributed by atoms with Crippen LogP contribution in [0.5, 0.6) is 0 Å². The molecule has 6 nitrogen and oxygen atoms in total. The summed E-state index contributed by atoms with van der Waals surface area (Å²) in [6, 6.07) is 2.54. The van der Waals surface area contributed by atoms with E-state index in [-0.39, 0.29) is 17.4 Å². The maximum atomic E-state index is 11.8.